The van der Waals surface area contributed by atoms with Gasteiger partial charge in [0.05, 0.1) is 0 Å². The van der Waals surface area contributed by atoms with Crippen molar-refractivity contribution < 1.29 is 35.6 Å². The minimum atomic E-state index is 0. The molecule has 0 atom stereocenters. The van der Waals surface area contributed by atoms with Crippen LogP contribution in [0.1, 0.15) is 26.2 Å². The average Bonchev–Trinajstić information content (AvgIpc) is 2.19. The maximum atomic E-state index is 3.26. The molecule has 1 rings (SSSR count). The van der Waals surface area contributed by atoms with Gasteiger partial charge in [-0.15, -0.1) is 6.42 Å². The molecule has 0 saturated carbocycles. The molecular weight excluding hydrogens is 225 g/mol. The second-order valence-corrected chi connectivity index (χ2v) is 2.06. The third-order valence-corrected chi connectivity index (χ3v) is 1.29. The molecule has 0 aromatic heterocycles. The zero-order chi connectivity index (χ0) is 5.82. The van der Waals surface area contributed by atoms with Crippen LogP contribution in [0.5, 0.6) is 0 Å². The van der Waals surface area contributed by atoms with E-state index in [0.717, 1.165) is 6.42 Å². The molecule has 0 bridgehead atoms. The summed E-state index contributed by atoms with van der Waals surface area (Å²) in [6.45, 7) is 2.20. The van der Waals surface area contributed by atoms with Crippen molar-refractivity contribution in [2.24, 2.45) is 0 Å². The van der Waals surface area contributed by atoms with Crippen LogP contribution < -0.4 is 9.41 Å². The standard InChI is InChI=1S/C8H11.2FH.Zr/c1-2-5-8-6-3-4-7-8;;;/h3,6H,2,4-5H2,1H3;2*1H;/q-1;;;+3/p-2. The van der Waals surface area contributed by atoms with Crippen LogP contribution in [0.4, 0.5) is 0 Å². The van der Waals surface area contributed by atoms with Gasteiger partial charge in [-0.05, 0) is 0 Å². The Kier molecular flexibility index (Phi) is 16.1. The first-order chi connectivity index (χ1) is 3.93. The second kappa shape index (κ2) is 10.2. The van der Waals surface area contributed by atoms with Gasteiger partial charge in [-0.2, -0.15) is 6.08 Å². The van der Waals surface area contributed by atoms with Gasteiger partial charge in [-0.25, -0.2) is 11.6 Å². The molecule has 61 valence electrons. The van der Waals surface area contributed by atoms with Crippen LogP contribution in [0, 0.1) is 6.08 Å². The summed E-state index contributed by atoms with van der Waals surface area (Å²) in [7, 11) is 0. The SMILES string of the molecule is CCCC1=[C-]CC=C1.[F-].[F-].[Zr+3]. The van der Waals surface area contributed by atoms with E-state index in [1.807, 2.05) is 0 Å². The molecule has 0 aliphatic heterocycles. The molecule has 0 aromatic carbocycles. The van der Waals surface area contributed by atoms with E-state index in [1.165, 1.54) is 18.4 Å². The molecule has 1 aliphatic rings. The van der Waals surface area contributed by atoms with Gasteiger partial charge in [0.15, 0.2) is 0 Å². The van der Waals surface area contributed by atoms with E-state index in [-0.39, 0.29) is 35.6 Å². The number of hydrogen-bond donors (Lipinski definition) is 0. The summed E-state index contributed by atoms with van der Waals surface area (Å²) in [4.78, 5) is 0. The normalized spacial score (nSPS) is 12.3. The van der Waals surface area contributed by atoms with E-state index in [4.69, 9.17) is 0 Å². The summed E-state index contributed by atoms with van der Waals surface area (Å²) in [6, 6.07) is 0. The molecule has 1 radical (unpaired) electrons. The smallest absolute Gasteiger partial charge is 1.00 e. The topological polar surface area (TPSA) is 0 Å². The van der Waals surface area contributed by atoms with Gasteiger partial charge in [0.25, 0.3) is 0 Å². The third-order valence-electron chi connectivity index (χ3n) is 1.29. The summed E-state index contributed by atoms with van der Waals surface area (Å²) in [5.74, 6) is 0. The first kappa shape index (κ1) is 17.3. The first-order valence-corrected chi connectivity index (χ1v) is 3.19. The largest absolute Gasteiger partial charge is 3.00 e. The summed E-state index contributed by atoms with van der Waals surface area (Å²) in [5.41, 5.74) is 1.40. The van der Waals surface area contributed by atoms with Crippen molar-refractivity contribution in [1.82, 2.24) is 0 Å². The molecule has 1 aliphatic carbocycles. The Morgan fingerprint density at radius 1 is 1.45 bits per heavy atom. The molecule has 0 aromatic rings. The quantitative estimate of drug-likeness (QED) is 0.436. The van der Waals surface area contributed by atoms with E-state index < -0.39 is 0 Å². The number of rotatable bonds is 2. The Labute approximate surface area is 85.6 Å². The molecule has 0 heterocycles. The van der Waals surface area contributed by atoms with Crippen molar-refractivity contribution in [3.63, 3.8) is 0 Å². The van der Waals surface area contributed by atoms with Crippen molar-refractivity contribution in [2.45, 2.75) is 26.2 Å². The maximum Gasteiger partial charge on any atom is 3.00 e. The Bertz CT molecular complexity index is 130. The van der Waals surface area contributed by atoms with Crippen molar-refractivity contribution in [2.75, 3.05) is 0 Å². The van der Waals surface area contributed by atoms with Gasteiger partial charge in [-0.3, -0.25) is 6.08 Å². The monoisotopic (exact) mass is 235 g/mol. The summed E-state index contributed by atoms with van der Waals surface area (Å²) >= 11 is 0. The molecule has 0 spiro atoms. The van der Waals surface area contributed by atoms with Gasteiger partial charge < -0.3 is 9.41 Å². The Hall–Kier alpha value is 0.223. The number of hydrogen-bond acceptors (Lipinski definition) is 0. The summed E-state index contributed by atoms with van der Waals surface area (Å²) in [5, 5.41) is 0. The van der Waals surface area contributed by atoms with Gasteiger partial charge in [0.1, 0.15) is 0 Å². The van der Waals surface area contributed by atoms with Crippen molar-refractivity contribution in [3.8, 4) is 0 Å². The van der Waals surface area contributed by atoms with E-state index in [9.17, 15) is 0 Å². The van der Waals surface area contributed by atoms with Crippen LogP contribution in [0.3, 0.4) is 0 Å². The number of halogens is 2. The number of allylic oxidation sites excluding steroid dienone is 4. The molecule has 0 N–H and O–H groups in total. The average molecular weight is 236 g/mol. The van der Waals surface area contributed by atoms with E-state index >= 15 is 0 Å². The minimum Gasteiger partial charge on any atom is -1.00 e. The van der Waals surface area contributed by atoms with Gasteiger partial charge >= 0.3 is 26.2 Å². The summed E-state index contributed by atoms with van der Waals surface area (Å²) < 4.78 is 0. The fraction of sp³-hybridized carbons (Fsp3) is 0.500. The van der Waals surface area contributed by atoms with E-state index in [1.54, 1.807) is 0 Å². The third kappa shape index (κ3) is 6.61. The van der Waals surface area contributed by atoms with E-state index in [2.05, 4.69) is 25.2 Å². The van der Waals surface area contributed by atoms with Crippen molar-refractivity contribution in [3.05, 3.63) is 23.8 Å². The molecular formula is C8H11F2Zr. The van der Waals surface area contributed by atoms with Crippen molar-refractivity contribution >= 4 is 0 Å². The molecule has 0 amide bonds. The summed E-state index contributed by atoms with van der Waals surface area (Å²) in [6.07, 6.45) is 11.1. The van der Waals surface area contributed by atoms with Crippen LogP contribution in [0.15, 0.2) is 17.7 Å². The fourth-order valence-electron chi connectivity index (χ4n) is 0.891. The Morgan fingerprint density at radius 3 is 2.45 bits per heavy atom. The van der Waals surface area contributed by atoms with Gasteiger partial charge in [0, 0.05) is 0 Å². The fourth-order valence-corrected chi connectivity index (χ4v) is 0.891. The predicted molar refractivity (Wildman–Crippen MR) is 35.4 cm³/mol. The van der Waals surface area contributed by atoms with Gasteiger partial charge in [0.2, 0.25) is 0 Å². The first-order valence-electron chi connectivity index (χ1n) is 3.19. The predicted octanol–water partition coefficient (Wildman–Crippen LogP) is -3.52. The molecule has 0 fully saturated rings. The Balaban J connectivity index is -0.000000213. The molecule has 0 saturated heterocycles. The zero-order valence-corrected chi connectivity index (χ0v) is 8.99. The molecule has 11 heavy (non-hydrogen) atoms. The minimum absolute atomic E-state index is 0. The van der Waals surface area contributed by atoms with Crippen LogP contribution in [0.25, 0.3) is 0 Å². The Morgan fingerprint density at radius 2 is 2.09 bits per heavy atom. The van der Waals surface area contributed by atoms with Gasteiger partial charge in [-0.1, -0.05) is 19.8 Å². The van der Waals surface area contributed by atoms with Crippen LogP contribution >= 0.6 is 0 Å². The molecule has 0 unspecified atom stereocenters. The second-order valence-electron chi connectivity index (χ2n) is 2.06. The van der Waals surface area contributed by atoms with Crippen LogP contribution in [-0.4, -0.2) is 0 Å². The zero-order valence-electron chi connectivity index (χ0n) is 6.53. The molecule has 3 heteroatoms. The van der Waals surface area contributed by atoms with Crippen LogP contribution in [0.2, 0.25) is 0 Å². The van der Waals surface area contributed by atoms with Crippen molar-refractivity contribution in [1.29, 1.82) is 0 Å². The van der Waals surface area contributed by atoms with E-state index in [0.29, 0.717) is 0 Å². The molecule has 0 nitrogen and oxygen atoms in total. The maximum absolute atomic E-state index is 3.26. The van der Waals surface area contributed by atoms with Crippen LogP contribution in [-0.2, 0) is 26.2 Å².